The SMILES string of the molecule is CCOc1ccc(C(CC(=O)O)NC(=O)c2ccc(Cl)cc2)cc1OC. The maximum atomic E-state index is 12.4. The number of carbonyl (C=O) groups excluding carboxylic acids is 1. The fourth-order valence-electron chi connectivity index (χ4n) is 2.45. The van der Waals surface area contributed by atoms with Crippen molar-refractivity contribution in [1.29, 1.82) is 0 Å². The molecule has 138 valence electrons. The lowest BCUT2D eigenvalue weighted by molar-refractivity contribution is -0.137. The third-order valence-electron chi connectivity index (χ3n) is 3.68. The molecule has 6 nitrogen and oxygen atoms in total. The maximum absolute atomic E-state index is 12.4. The van der Waals surface area contributed by atoms with Gasteiger partial charge in [0.2, 0.25) is 0 Å². The first-order valence-corrected chi connectivity index (χ1v) is 8.41. The van der Waals surface area contributed by atoms with E-state index in [1.54, 1.807) is 42.5 Å². The minimum Gasteiger partial charge on any atom is -0.493 e. The monoisotopic (exact) mass is 377 g/mol. The molecule has 2 N–H and O–H groups in total. The number of ether oxygens (including phenoxy) is 2. The average molecular weight is 378 g/mol. The molecule has 1 amide bonds. The first kappa shape index (κ1) is 19.6. The zero-order valence-corrected chi connectivity index (χ0v) is 15.2. The van der Waals surface area contributed by atoms with Gasteiger partial charge < -0.3 is 19.9 Å². The van der Waals surface area contributed by atoms with Crippen LogP contribution in [-0.4, -0.2) is 30.7 Å². The molecular weight excluding hydrogens is 358 g/mol. The number of methoxy groups -OCH3 is 1. The van der Waals surface area contributed by atoms with Gasteiger partial charge in [-0.25, -0.2) is 0 Å². The fourth-order valence-corrected chi connectivity index (χ4v) is 2.57. The van der Waals surface area contributed by atoms with Crippen LogP contribution in [0.1, 0.15) is 35.3 Å². The van der Waals surface area contributed by atoms with Crippen molar-refractivity contribution in [2.45, 2.75) is 19.4 Å². The summed E-state index contributed by atoms with van der Waals surface area (Å²) in [5.41, 5.74) is 0.998. The van der Waals surface area contributed by atoms with Gasteiger partial charge in [0.25, 0.3) is 5.91 Å². The van der Waals surface area contributed by atoms with Gasteiger partial charge >= 0.3 is 5.97 Å². The molecule has 0 bridgehead atoms. The third-order valence-corrected chi connectivity index (χ3v) is 3.93. The van der Waals surface area contributed by atoms with Gasteiger partial charge in [0.15, 0.2) is 11.5 Å². The van der Waals surface area contributed by atoms with Crippen molar-refractivity contribution in [3.63, 3.8) is 0 Å². The van der Waals surface area contributed by atoms with Gasteiger partial charge in [-0.1, -0.05) is 17.7 Å². The molecule has 1 unspecified atom stereocenters. The highest BCUT2D eigenvalue weighted by Crippen LogP contribution is 2.31. The van der Waals surface area contributed by atoms with Crippen LogP contribution in [0.25, 0.3) is 0 Å². The highest BCUT2D eigenvalue weighted by atomic mass is 35.5. The molecule has 26 heavy (non-hydrogen) atoms. The molecule has 2 rings (SSSR count). The number of halogens is 1. The summed E-state index contributed by atoms with van der Waals surface area (Å²) in [6, 6.07) is 10.7. The number of hydrogen-bond acceptors (Lipinski definition) is 4. The topological polar surface area (TPSA) is 84.9 Å². The second-order valence-corrected chi connectivity index (χ2v) is 5.91. The number of hydrogen-bond donors (Lipinski definition) is 2. The summed E-state index contributed by atoms with van der Waals surface area (Å²) in [4.78, 5) is 23.7. The Kier molecular flexibility index (Phi) is 6.86. The molecule has 0 aliphatic heterocycles. The molecular formula is C19H20ClNO5. The predicted octanol–water partition coefficient (Wildman–Crippen LogP) is 3.69. The Morgan fingerprint density at radius 1 is 1.15 bits per heavy atom. The van der Waals surface area contributed by atoms with Crippen molar-refractivity contribution in [2.75, 3.05) is 13.7 Å². The van der Waals surface area contributed by atoms with E-state index in [0.29, 0.717) is 34.3 Å². The molecule has 0 heterocycles. The Morgan fingerprint density at radius 2 is 1.85 bits per heavy atom. The smallest absolute Gasteiger partial charge is 0.305 e. The third kappa shape index (κ3) is 5.13. The van der Waals surface area contributed by atoms with Crippen molar-refractivity contribution < 1.29 is 24.2 Å². The lowest BCUT2D eigenvalue weighted by Gasteiger charge is -2.19. The molecule has 0 radical (unpaired) electrons. The summed E-state index contributed by atoms with van der Waals surface area (Å²) in [6.07, 6.45) is -0.267. The first-order valence-electron chi connectivity index (χ1n) is 8.03. The number of carbonyl (C=O) groups is 2. The van der Waals surface area contributed by atoms with E-state index in [0.717, 1.165) is 0 Å². The first-order chi connectivity index (χ1) is 12.4. The van der Waals surface area contributed by atoms with E-state index in [1.807, 2.05) is 6.92 Å². The summed E-state index contributed by atoms with van der Waals surface area (Å²) in [7, 11) is 1.50. The molecule has 0 saturated carbocycles. The standard InChI is InChI=1S/C19H20ClNO5/c1-3-26-16-9-6-13(10-17(16)25-2)15(11-18(22)23)21-19(24)12-4-7-14(20)8-5-12/h4-10,15H,3,11H2,1-2H3,(H,21,24)(H,22,23). The number of rotatable bonds is 8. The van der Waals surface area contributed by atoms with Crippen LogP contribution in [0.5, 0.6) is 11.5 Å². The lowest BCUT2D eigenvalue weighted by atomic mass is 10.0. The normalized spacial score (nSPS) is 11.5. The van der Waals surface area contributed by atoms with E-state index >= 15 is 0 Å². The van der Waals surface area contributed by atoms with Crippen molar-refractivity contribution in [3.05, 3.63) is 58.6 Å². The zero-order chi connectivity index (χ0) is 19.1. The Bertz CT molecular complexity index is 776. The Hall–Kier alpha value is -2.73. The second-order valence-electron chi connectivity index (χ2n) is 5.47. The molecule has 0 aromatic heterocycles. The fraction of sp³-hybridized carbons (Fsp3) is 0.263. The van der Waals surface area contributed by atoms with Gasteiger partial charge in [-0.15, -0.1) is 0 Å². The van der Waals surface area contributed by atoms with Crippen molar-refractivity contribution >= 4 is 23.5 Å². The van der Waals surface area contributed by atoms with Crippen LogP contribution >= 0.6 is 11.6 Å². The van der Waals surface area contributed by atoms with Crippen molar-refractivity contribution in [1.82, 2.24) is 5.32 Å². The quantitative estimate of drug-likeness (QED) is 0.732. The summed E-state index contributed by atoms with van der Waals surface area (Å²) in [6.45, 7) is 2.33. The molecule has 0 saturated heterocycles. The molecule has 2 aromatic rings. The lowest BCUT2D eigenvalue weighted by Crippen LogP contribution is -2.30. The molecule has 0 aliphatic rings. The molecule has 0 fully saturated rings. The van der Waals surface area contributed by atoms with Gasteiger partial charge in [0, 0.05) is 10.6 Å². The Balaban J connectivity index is 2.27. The van der Waals surface area contributed by atoms with E-state index in [9.17, 15) is 14.7 Å². The van der Waals surface area contributed by atoms with Crippen molar-refractivity contribution in [2.24, 2.45) is 0 Å². The molecule has 2 aromatic carbocycles. The summed E-state index contributed by atoms with van der Waals surface area (Å²) in [5, 5.41) is 12.5. The van der Waals surface area contributed by atoms with Gasteiger partial charge in [0.1, 0.15) is 0 Å². The number of benzene rings is 2. The van der Waals surface area contributed by atoms with E-state index < -0.39 is 12.0 Å². The van der Waals surface area contributed by atoms with E-state index in [-0.39, 0.29) is 12.3 Å². The van der Waals surface area contributed by atoms with Crippen LogP contribution in [0.4, 0.5) is 0 Å². The molecule has 1 atom stereocenters. The minimum absolute atomic E-state index is 0.267. The largest absolute Gasteiger partial charge is 0.493 e. The van der Waals surface area contributed by atoms with Crippen LogP contribution in [0, 0.1) is 0 Å². The van der Waals surface area contributed by atoms with E-state index in [4.69, 9.17) is 21.1 Å². The second kappa shape index (κ2) is 9.10. The molecule has 0 aliphatic carbocycles. The van der Waals surface area contributed by atoms with Gasteiger partial charge in [0.05, 0.1) is 26.2 Å². The van der Waals surface area contributed by atoms with Crippen LogP contribution in [0.15, 0.2) is 42.5 Å². The number of carboxylic acid groups (broad SMARTS) is 1. The highest BCUT2D eigenvalue weighted by Gasteiger charge is 2.20. The van der Waals surface area contributed by atoms with Crippen LogP contribution in [-0.2, 0) is 4.79 Å². The molecule has 7 heteroatoms. The number of nitrogens with one attached hydrogen (secondary N) is 1. The van der Waals surface area contributed by atoms with E-state index in [2.05, 4.69) is 5.32 Å². The molecule has 0 spiro atoms. The summed E-state index contributed by atoms with van der Waals surface area (Å²) >= 11 is 5.83. The summed E-state index contributed by atoms with van der Waals surface area (Å²) < 4.78 is 10.8. The van der Waals surface area contributed by atoms with Crippen LogP contribution in [0.3, 0.4) is 0 Å². The van der Waals surface area contributed by atoms with Gasteiger partial charge in [-0.3, -0.25) is 9.59 Å². The number of carboxylic acids is 1. The maximum Gasteiger partial charge on any atom is 0.305 e. The predicted molar refractivity (Wildman–Crippen MR) is 98.1 cm³/mol. The van der Waals surface area contributed by atoms with Crippen LogP contribution < -0.4 is 14.8 Å². The van der Waals surface area contributed by atoms with Gasteiger partial charge in [-0.05, 0) is 48.9 Å². The van der Waals surface area contributed by atoms with Gasteiger partial charge in [-0.2, -0.15) is 0 Å². The Morgan fingerprint density at radius 3 is 2.42 bits per heavy atom. The van der Waals surface area contributed by atoms with E-state index in [1.165, 1.54) is 7.11 Å². The van der Waals surface area contributed by atoms with Crippen LogP contribution in [0.2, 0.25) is 5.02 Å². The average Bonchev–Trinajstić information content (AvgIpc) is 2.62. The highest BCUT2D eigenvalue weighted by molar-refractivity contribution is 6.30. The summed E-state index contributed by atoms with van der Waals surface area (Å²) in [5.74, 6) is -0.391. The number of amides is 1. The minimum atomic E-state index is -1.03. The van der Waals surface area contributed by atoms with Crippen molar-refractivity contribution in [3.8, 4) is 11.5 Å². The zero-order valence-electron chi connectivity index (χ0n) is 14.5. The number of aliphatic carboxylic acids is 1. The Labute approximate surface area is 156 Å².